The third-order valence-corrected chi connectivity index (χ3v) is 11.3. The maximum absolute atomic E-state index is 15.1. The molecule has 0 spiro atoms. The molecule has 8 nitrogen and oxygen atoms in total. The number of benzene rings is 3. The van der Waals surface area contributed by atoms with Gasteiger partial charge in [-0.2, -0.15) is 17.6 Å². The van der Waals surface area contributed by atoms with E-state index in [1.54, 1.807) is 0 Å². The van der Waals surface area contributed by atoms with Crippen LogP contribution in [-0.2, 0) is 9.47 Å². The van der Waals surface area contributed by atoms with Gasteiger partial charge in [-0.25, -0.2) is 9.59 Å². The third-order valence-electron chi connectivity index (χ3n) is 11.3. The van der Waals surface area contributed by atoms with E-state index in [2.05, 4.69) is 24.5 Å². The van der Waals surface area contributed by atoms with E-state index in [1.807, 2.05) is 0 Å². The summed E-state index contributed by atoms with van der Waals surface area (Å²) in [7, 11) is 0. The summed E-state index contributed by atoms with van der Waals surface area (Å²) in [6.07, 6.45) is 33.1. The number of carbonyl (C=O) groups is 2. The fourth-order valence-electron chi connectivity index (χ4n) is 7.45. The smallest absolute Gasteiger partial charge is 0.411 e. The van der Waals surface area contributed by atoms with E-state index in [9.17, 15) is 9.59 Å². The highest BCUT2D eigenvalue weighted by Crippen LogP contribution is 2.39. The Labute approximate surface area is 380 Å². The summed E-state index contributed by atoms with van der Waals surface area (Å²) in [5.41, 5.74) is 0.636. The Balaban J connectivity index is 1.30. The normalized spacial score (nSPS) is 11.1. The number of amides is 2. The Morgan fingerprint density at radius 3 is 0.859 bits per heavy atom. The summed E-state index contributed by atoms with van der Waals surface area (Å²) in [6.45, 7) is 5.03. The average molecular weight is 901 g/mol. The fraction of sp³-hybridized carbons (Fsp3) is 0.615. The molecule has 3 rings (SSSR count). The Kier molecular flexibility index (Phi) is 28.6. The van der Waals surface area contributed by atoms with E-state index in [-0.39, 0.29) is 24.7 Å². The second kappa shape index (κ2) is 33.9. The van der Waals surface area contributed by atoms with Gasteiger partial charge in [0, 0.05) is 11.4 Å². The molecule has 0 aliphatic heterocycles. The number of hydrogen-bond donors (Lipinski definition) is 2. The Hall–Kier alpha value is -4.48. The van der Waals surface area contributed by atoms with Crippen LogP contribution in [0.2, 0.25) is 0 Å². The van der Waals surface area contributed by atoms with Crippen LogP contribution in [0.25, 0.3) is 0 Å². The van der Waals surface area contributed by atoms with Crippen LogP contribution >= 0.6 is 0 Å². The lowest BCUT2D eigenvalue weighted by atomic mass is 10.0. The minimum Gasteiger partial charge on any atom is -0.451 e. The Morgan fingerprint density at radius 1 is 0.375 bits per heavy atom. The highest BCUT2D eigenvalue weighted by atomic mass is 19.2. The van der Waals surface area contributed by atoms with Gasteiger partial charge in [0.15, 0.2) is 0 Å². The largest absolute Gasteiger partial charge is 0.451 e. The van der Waals surface area contributed by atoms with Gasteiger partial charge in [0.1, 0.15) is 11.5 Å². The number of unbranched alkanes of at least 4 members (excludes halogenated alkanes) is 26. The maximum atomic E-state index is 15.1. The van der Waals surface area contributed by atoms with Gasteiger partial charge >= 0.3 is 12.2 Å². The van der Waals surface area contributed by atoms with Crippen molar-refractivity contribution in [2.75, 3.05) is 23.8 Å². The zero-order chi connectivity index (χ0) is 46.0. The standard InChI is InChI=1S/C52H76F4N2O6/c1-3-5-7-9-11-13-15-17-19-21-23-25-27-29-39-61-51(59)57-41-31-35-43(36-32-41)63-49-45(53)47(55)50(48(56)46(49)54)64-44-37-33-42(34-38-44)58-52(60)62-40-30-28-26-24-22-20-18-16-14-12-10-8-6-4-2/h31-38H,3-30,39-40H2,1-2H3,(H,57,59)(H,58,60). The van der Waals surface area contributed by atoms with Gasteiger partial charge < -0.3 is 18.9 Å². The van der Waals surface area contributed by atoms with Gasteiger partial charge in [-0.15, -0.1) is 0 Å². The molecule has 0 radical (unpaired) electrons. The summed E-state index contributed by atoms with van der Waals surface area (Å²) in [5.74, 6) is -10.1. The number of anilines is 2. The molecule has 3 aromatic rings. The zero-order valence-electron chi connectivity index (χ0n) is 38.8. The molecule has 0 aromatic heterocycles. The van der Waals surface area contributed by atoms with Crippen molar-refractivity contribution >= 4 is 23.6 Å². The number of hydrogen-bond acceptors (Lipinski definition) is 6. The van der Waals surface area contributed by atoms with Crippen molar-refractivity contribution in [3.63, 3.8) is 0 Å². The number of nitrogens with one attached hydrogen (secondary N) is 2. The third kappa shape index (κ3) is 22.9. The lowest BCUT2D eigenvalue weighted by molar-refractivity contribution is 0.158. The molecule has 0 bridgehead atoms. The van der Waals surface area contributed by atoms with Crippen molar-refractivity contribution in [2.24, 2.45) is 0 Å². The topological polar surface area (TPSA) is 95.1 Å². The second-order valence-electron chi connectivity index (χ2n) is 16.9. The predicted octanol–water partition coefficient (Wildman–Crippen LogP) is 17.9. The minimum atomic E-state index is -1.80. The van der Waals surface area contributed by atoms with Crippen molar-refractivity contribution in [1.82, 2.24) is 0 Å². The van der Waals surface area contributed by atoms with Gasteiger partial charge in [0.25, 0.3) is 0 Å². The molecule has 0 unspecified atom stereocenters. The van der Waals surface area contributed by atoms with Crippen molar-refractivity contribution < 1.29 is 46.1 Å². The van der Waals surface area contributed by atoms with E-state index >= 15 is 17.6 Å². The lowest BCUT2D eigenvalue weighted by Gasteiger charge is -2.14. The number of rotatable bonds is 36. The number of carbonyl (C=O) groups excluding carboxylic acids is 2. The lowest BCUT2D eigenvalue weighted by Crippen LogP contribution is -2.14. The first kappa shape index (κ1) is 53.9. The molecule has 0 saturated carbocycles. The van der Waals surface area contributed by atoms with E-state index in [4.69, 9.17) is 18.9 Å². The van der Waals surface area contributed by atoms with Gasteiger partial charge in [0.2, 0.25) is 34.8 Å². The molecule has 0 atom stereocenters. The summed E-state index contributed by atoms with van der Waals surface area (Å²) < 4.78 is 81.1. The molecule has 12 heteroatoms. The summed E-state index contributed by atoms with van der Waals surface area (Å²) >= 11 is 0. The van der Waals surface area contributed by atoms with Crippen LogP contribution in [0.5, 0.6) is 23.0 Å². The van der Waals surface area contributed by atoms with E-state index in [0.29, 0.717) is 11.4 Å². The highest BCUT2D eigenvalue weighted by Gasteiger charge is 2.29. The molecule has 3 aromatic carbocycles. The van der Waals surface area contributed by atoms with Crippen LogP contribution < -0.4 is 20.1 Å². The Morgan fingerprint density at radius 2 is 0.609 bits per heavy atom. The summed E-state index contributed by atoms with van der Waals surface area (Å²) in [5, 5.41) is 5.13. The van der Waals surface area contributed by atoms with Crippen molar-refractivity contribution in [3.8, 4) is 23.0 Å². The SMILES string of the molecule is CCCCCCCCCCCCCCCCOC(=O)Nc1ccc(Oc2c(F)c(F)c(Oc3ccc(NC(=O)OCCCCCCCCCCCCCCCC)cc3)c(F)c2F)cc1. The first-order chi connectivity index (χ1) is 31.2. The molecular formula is C52H76F4N2O6. The van der Waals surface area contributed by atoms with Gasteiger partial charge in [0.05, 0.1) is 13.2 Å². The van der Waals surface area contributed by atoms with Crippen LogP contribution in [0.15, 0.2) is 48.5 Å². The second-order valence-corrected chi connectivity index (χ2v) is 16.9. The van der Waals surface area contributed by atoms with Crippen molar-refractivity contribution in [2.45, 2.75) is 194 Å². The molecule has 2 amide bonds. The number of halogens is 4. The molecule has 0 saturated heterocycles. The maximum Gasteiger partial charge on any atom is 0.411 e. The zero-order valence-corrected chi connectivity index (χ0v) is 38.8. The van der Waals surface area contributed by atoms with Crippen LogP contribution in [0.1, 0.15) is 194 Å². The predicted molar refractivity (Wildman–Crippen MR) is 250 cm³/mol. The van der Waals surface area contributed by atoms with Crippen LogP contribution in [0, 0.1) is 23.3 Å². The van der Waals surface area contributed by atoms with Crippen LogP contribution in [-0.4, -0.2) is 25.4 Å². The first-order valence-corrected chi connectivity index (χ1v) is 24.5. The van der Waals surface area contributed by atoms with Gasteiger partial charge in [-0.05, 0) is 61.4 Å². The summed E-state index contributed by atoms with van der Waals surface area (Å²) in [4.78, 5) is 24.5. The minimum absolute atomic E-state index is 0.146. The molecule has 0 aliphatic rings. The van der Waals surface area contributed by atoms with Crippen LogP contribution in [0.4, 0.5) is 38.5 Å². The highest BCUT2D eigenvalue weighted by molar-refractivity contribution is 5.85. The quantitative estimate of drug-likeness (QED) is 0.0343. The monoisotopic (exact) mass is 901 g/mol. The van der Waals surface area contributed by atoms with Gasteiger partial charge in [-0.1, -0.05) is 181 Å². The fourth-order valence-corrected chi connectivity index (χ4v) is 7.45. The molecule has 0 fully saturated rings. The van der Waals surface area contributed by atoms with E-state index in [0.717, 1.165) is 38.5 Å². The molecule has 0 aliphatic carbocycles. The van der Waals surface area contributed by atoms with E-state index < -0.39 is 47.0 Å². The number of ether oxygens (including phenoxy) is 4. The molecule has 2 N–H and O–H groups in total. The molecule has 0 heterocycles. The van der Waals surface area contributed by atoms with E-state index in [1.165, 1.54) is 190 Å². The first-order valence-electron chi connectivity index (χ1n) is 24.5. The van der Waals surface area contributed by atoms with Gasteiger partial charge in [-0.3, -0.25) is 10.6 Å². The average Bonchev–Trinajstić information content (AvgIpc) is 3.29. The molecule has 64 heavy (non-hydrogen) atoms. The molecule has 358 valence electrons. The Bertz CT molecular complexity index is 1560. The van der Waals surface area contributed by atoms with Crippen molar-refractivity contribution in [3.05, 3.63) is 71.8 Å². The van der Waals surface area contributed by atoms with Crippen molar-refractivity contribution in [1.29, 1.82) is 0 Å². The molecular weight excluding hydrogens is 825 g/mol. The van der Waals surface area contributed by atoms with Crippen LogP contribution in [0.3, 0.4) is 0 Å². The summed E-state index contributed by atoms with van der Waals surface area (Å²) in [6, 6.07) is 10.7.